The van der Waals surface area contributed by atoms with Gasteiger partial charge in [-0.3, -0.25) is 35.1 Å². The maximum atomic E-state index is 12.8. The zero-order chi connectivity index (χ0) is 26.5. The van der Waals surface area contributed by atoms with E-state index in [0.717, 1.165) is 16.3 Å². The second-order valence-corrected chi connectivity index (χ2v) is 9.38. The van der Waals surface area contributed by atoms with Gasteiger partial charge in [-0.25, -0.2) is 0 Å². The fourth-order valence-electron chi connectivity index (χ4n) is 4.48. The molecule has 9 heteroatoms. The quantitative estimate of drug-likeness (QED) is 0.193. The van der Waals surface area contributed by atoms with Crippen molar-refractivity contribution in [1.82, 2.24) is 26.1 Å². The Hall–Kier alpha value is -4.63. The van der Waals surface area contributed by atoms with E-state index in [1.54, 1.807) is 48.8 Å². The zero-order valence-electron chi connectivity index (χ0n) is 20.4. The number of nitrogens with one attached hydrogen (secondary N) is 3. The summed E-state index contributed by atoms with van der Waals surface area (Å²) in [6.45, 7) is 0.234. The number of benzene rings is 3. The van der Waals surface area contributed by atoms with Gasteiger partial charge in [0.15, 0.2) is 5.11 Å². The van der Waals surface area contributed by atoms with Crippen molar-refractivity contribution in [2.45, 2.75) is 18.9 Å². The number of pyridine rings is 1. The maximum Gasteiger partial charge on any atom is 0.269 e. The monoisotopic (exact) mass is 523 g/mol. The molecular formula is C29H25N5O3S. The number of amides is 3. The smallest absolute Gasteiger partial charge is 0.269 e. The number of nitrogens with zero attached hydrogens (tertiary/aromatic N) is 2. The molecule has 0 spiro atoms. The Balaban J connectivity index is 1.21. The molecule has 38 heavy (non-hydrogen) atoms. The minimum absolute atomic E-state index is 0.202. The Morgan fingerprint density at radius 3 is 2.32 bits per heavy atom. The van der Waals surface area contributed by atoms with Gasteiger partial charge < -0.3 is 5.32 Å². The van der Waals surface area contributed by atoms with E-state index >= 15 is 0 Å². The molecule has 1 aliphatic heterocycles. The van der Waals surface area contributed by atoms with Crippen LogP contribution < -0.4 is 16.2 Å². The summed E-state index contributed by atoms with van der Waals surface area (Å²) in [4.78, 5) is 43.6. The van der Waals surface area contributed by atoms with E-state index in [1.807, 2.05) is 42.5 Å². The van der Waals surface area contributed by atoms with E-state index in [2.05, 4.69) is 21.2 Å². The van der Waals surface area contributed by atoms with Crippen LogP contribution >= 0.6 is 12.2 Å². The number of rotatable bonds is 7. The van der Waals surface area contributed by atoms with E-state index < -0.39 is 0 Å². The van der Waals surface area contributed by atoms with Crippen molar-refractivity contribution in [2.24, 2.45) is 0 Å². The zero-order valence-corrected chi connectivity index (χ0v) is 21.2. The molecule has 190 valence electrons. The Labute approximate surface area is 225 Å². The molecule has 0 saturated carbocycles. The molecule has 3 N–H and O–H groups in total. The maximum absolute atomic E-state index is 12.8. The Morgan fingerprint density at radius 1 is 0.868 bits per heavy atom. The fraction of sp³-hybridized carbons (Fsp3) is 0.138. The lowest BCUT2D eigenvalue weighted by atomic mass is 10.0. The predicted octanol–water partition coefficient (Wildman–Crippen LogP) is 3.64. The van der Waals surface area contributed by atoms with E-state index in [1.165, 1.54) is 4.90 Å². The number of imide groups is 1. The highest BCUT2D eigenvalue weighted by molar-refractivity contribution is 7.80. The summed E-state index contributed by atoms with van der Waals surface area (Å²) >= 11 is 5.45. The third kappa shape index (κ3) is 5.52. The number of fused-ring (bicyclic) bond motifs is 2. The fourth-order valence-corrected chi connectivity index (χ4v) is 4.70. The molecule has 2 heterocycles. The molecule has 0 saturated heterocycles. The molecular weight excluding hydrogens is 498 g/mol. The highest BCUT2D eigenvalue weighted by Crippen LogP contribution is 2.23. The predicted molar refractivity (Wildman–Crippen MR) is 148 cm³/mol. The summed E-state index contributed by atoms with van der Waals surface area (Å²) in [6, 6.07) is 23.7. The highest BCUT2D eigenvalue weighted by Gasteiger charge is 2.35. The van der Waals surface area contributed by atoms with Gasteiger partial charge in [0.2, 0.25) is 0 Å². The van der Waals surface area contributed by atoms with Gasteiger partial charge in [0.25, 0.3) is 17.7 Å². The topological polar surface area (TPSA) is 103 Å². The molecule has 1 atom stereocenters. The van der Waals surface area contributed by atoms with E-state index in [4.69, 9.17) is 12.2 Å². The molecule has 4 aromatic rings. The van der Waals surface area contributed by atoms with Crippen molar-refractivity contribution < 1.29 is 14.4 Å². The number of thiocarbonyl (C=S) groups is 1. The van der Waals surface area contributed by atoms with Gasteiger partial charge in [-0.15, -0.1) is 0 Å². The molecule has 0 radical (unpaired) electrons. The van der Waals surface area contributed by atoms with Crippen molar-refractivity contribution in [3.05, 3.63) is 114 Å². The van der Waals surface area contributed by atoms with Crippen molar-refractivity contribution >= 4 is 45.8 Å². The van der Waals surface area contributed by atoms with Gasteiger partial charge >= 0.3 is 0 Å². The molecule has 0 fully saturated rings. The van der Waals surface area contributed by atoms with Crippen LogP contribution in [0.3, 0.4) is 0 Å². The molecule has 0 aliphatic carbocycles. The van der Waals surface area contributed by atoms with Gasteiger partial charge in [-0.05, 0) is 66.3 Å². The van der Waals surface area contributed by atoms with Crippen molar-refractivity contribution in [3.63, 3.8) is 0 Å². The van der Waals surface area contributed by atoms with E-state index in [-0.39, 0.29) is 35.4 Å². The molecule has 3 aromatic carbocycles. The van der Waals surface area contributed by atoms with Crippen LogP contribution in [0, 0.1) is 0 Å². The van der Waals surface area contributed by atoms with Gasteiger partial charge in [-0.2, -0.15) is 0 Å². The van der Waals surface area contributed by atoms with Crippen LogP contribution in [0.5, 0.6) is 0 Å². The SMILES string of the molecule is O=C(NNC(=S)N[C@@H](CCN1C(=O)c2ccccc2C1=O)Cc1ccccc1)c1ccc2cnccc2c1. The number of aromatic nitrogens is 1. The summed E-state index contributed by atoms with van der Waals surface area (Å²) in [7, 11) is 0. The van der Waals surface area contributed by atoms with Crippen LogP contribution in [0.15, 0.2) is 91.3 Å². The second-order valence-electron chi connectivity index (χ2n) is 8.97. The summed E-state index contributed by atoms with van der Waals surface area (Å²) in [5.74, 6) is -0.912. The molecule has 0 bridgehead atoms. The minimum Gasteiger partial charge on any atom is -0.358 e. The van der Waals surface area contributed by atoms with Crippen LogP contribution in [0.1, 0.15) is 43.1 Å². The standard InChI is InChI=1S/C29H25N5O3S/c35-26(21-10-11-22-18-30-14-12-20(22)17-21)32-33-29(38)31-23(16-19-6-2-1-3-7-19)13-15-34-27(36)24-8-4-5-9-25(24)28(34)37/h1-12,14,17-18,23H,13,15-16H2,(H,32,35)(H2,31,33,38)/t23-/m0/s1. The van der Waals surface area contributed by atoms with E-state index in [9.17, 15) is 14.4 Å². The van der Waals surface area contributed by atoms with Gasteiger partial charge in [0, 0.05) is 35.9 Å². The third-order valence-corrected chi connectivity index (χ3v) is 6.65. The van der Waals surface area contributed by atoms with Crippen LogP contribution in [0.2, 0.25) is 0 Å². The Kier molecular flexibility index (Phi) is 7.37. The van der Waals surface area contributed by atoms with Crippen LogP contribution in [-0.4, -0.2) is 45.3 Å². The normalized spacial score (nSPS) is 13.2. The van der Waals surface area contributed by atoms with Crippen LogP contribution in [0.4, 0.5) is 0 Å². The van der Waals surface area contributed by atoms with Crippen molar-refractivity contribution in [3.8, 4) is 0 Å². The molecule has 1 aliphatic rings. The first kappa shape index (κ1) is 25.0. The minimum atomic E-state index is -0.335. The van der Waals surface area contributed by atoms with Crippen LogP contribution in [-0.2, 0) is 6.42 Å². The van der Waals surface area contributed by atoms with Crippen molar-refractivity contribution in [1.29, 1.82) is 0 Å². The number of hydrazine groups is 1. The van der Waals surface area contributed by atoms with Crippen LogP contribution in [0.25, 0.3) is 10.8 Å². The lowest BCUT2D eigenvalue weighted by Gasteiger charge is -2.23. The second kappa shape index (κ2) is 11.2. The first-order valence-electron chi connectivity index (χ1n) is 12.2. The molecule has 3 amide bonds. The first-order chi connectivity index (χ1) is 18.5. The number of hydrogen-bond donors (Lipinski definition) is 3. The van der Waals surface area contributed by atoms with E-state index in [0.29, 0.717) is 29.5 Å². The molecule has 8 nitrogen and oxygen atoms in total. The third-order valence-electron chi connectivity index (χ3n) is 6.43. The molecule has 1 aromatic heterocycles. The molecule has 5 rings (SSSR count). The largest absolute Gasteiger partial charge is 0.358 e. The average molecular weight is 524 g/mol. The summed E-state index contributed by atoms with van der Waals surface area (Å²) in [5, 5.41) is 5.30. The Bertz CT molecular complexity index is 1490. The summed E-state index contributed by atoms with van der Waals surface area (Å²) < 4.78 is 0. The Morgan fingerprint density at radius 2 is 1.58 bits per heavy atom. The lowest BCUT2D eigenvalue weighted by Crippen LogP contribution is -2.50. The summed E-state index contributed by atoms with van der Waals surface area (Å²) in [6.07, 6.45) is 4.49. The molecule has 0 unspecified atom stereocenters. The van der Waals surface area contributed by atoms with Gasteiger partial charge in [0.05, 0.1) is 11.1 Å². The average Bonchev–Trinajstić information content (AvgIpc) is 3.19. The lowest BCUT2D eigenvalue weighted by molar-refractivity contribution is 0.0648. The number of hydrogen-bond acceptors (Lipinski definition) is 5. The summed E-state index contributed by atoms with van der Waals surface area (Å²) in [5.41, 5.74) is 7.80. The van der Waals surface area contributed by atoms with Gasteiger partial charge in [-0.1, -0.05) is 48.5 Å². The number of carbonyl (C=O) groups is 3. The first-order valence-corrected chi connectivity index (χ1v) is 12.6. The number of carbonyl (C=O) groups excluding carboxylic acids is 3. The van der Waals surface area contributed by atoms with Gasteiger partial charge in [0.1, 0.15) is 0 Å². The highest BCUT2D eigenvalue weighted by atomic mass is 32.1. The van der Waals surface area contributed by atoms with Crippen molar-refractivity contribution in [2.75, 3.05) is 6.54 Å².